The van der Waals surface area contributed by atoms with E-state index in [0.29, 0.717) is 5.92 Å². The molecular weight excluding hydrogens is 312 g/mol. The molecule has 4 rings (SSSR count). The van der Waals surface area contributed by atoms with Crippen LogP contribution in [0.3, 0.4) is 0 Å². The molecule has 2 saturated carbocycles. The lowest BCUT2D eigenvalue weighted by Crippen LogP contribution is -2.08. The molecule has 0 spiro atoms. The third-order valence-electron chi connectivity index (χ3n) is 4.41. The van der Waals surface area contributed by atoms with Gasteiger partial charge in [-0.1, -0.05) is 24.6 Å². The molecule has 1 aromatic heterocycles. The summed E-state index contributed by atoms with van der Waals surface area (Å²) in [6.07, 6.45) is 6.52. The largest absolute Gasteiger partial charge is 0.233 e. The fraction of sp³-hybridized carbons (Fsp3) is 0.412. The van der Waals surface area contributed by atoms with Crippen molar-refractivity contribution in [2.24, 2.45) is 0 Å². The Morgan fingerprint density at radius 2 is 1.80 bits per heavy atom. The van der Waals surface area contributed by atoms with Gasteiger partial charge in [-0.15, -0.1) is 0 Å². The quantitative estimate of drug-likeness (QED) is 0.736. The van der Waals surface area contributed by atoms with Crippen LogP contribution in [0.2, 0.25) is 0 Å². The average Bonchev–Trinajstić information content (AvgIpc) is 3.20. The molecule has 2 fully saturated rings. The van der Waals surface area contributed by atoms with Crippen molar-refractivity contribution in [1.82, 2.24) is 9.97 Å². The van der Waals surface area contributed by atoms with Gasteiger partial charge in [-0.25, -0.2) is 9.97 Å². The number of hydrogen-bond donors (Lipinski definition) is 0. The number of benzene rings is 1. The van der Waals surface area contributed by atoms with Crippen molar-refractivity contribution in [3.8, 4) is 11.3 Å². The molecule has 1 aromatic carbocycles. The zero-order valence-electron chi connectivity index (χ0n) is 11.3. The number of hydrogen-bond acceptors (Lipinski definition) is 2. The summed E-state index contributed by atoms with van der Waals surface area (Å²) >= 11 is 3.53. The van der Waals surface area contributed by atoms with Gasteiger partial charge in [-0.05, 0) is 65.2 Å². The lowest BCUT2D eigenvalue weighted by Gasteiger charge is -2.26. The van der Waals surface area contributed by atoms with Crippen molar-refractivity contribution in [2.45, 2.75) is 43.9 Å². The van der Waals surface area contributed by atoms with Gasteiger partial charge in [0.05, 0.1) is 5.69 Å². The number of rotatable bonds is 3. The first-order valence-corrected chi connectivity index (χ1v) is 8.24. The highest BCUT2D eigenvalue weighted by Gasteiger charge is 2.27. The third-order valence-corrected chi connectivity index (χ3v) is 4.82. The highest BCUT2D eigenvalue weighted by molar-refractivity contribution is 9.10. The molecule has 3 heteroatoms. The first kappa shape index (κ1) is 12.5. The smallest absolute Gasteiger partial charge is 0.133 e. The molecule has 0 aliphatic heterocycles. The van der Waals surface area contributed by atoms with Crippen LogP contribution in [0, 0.1) is 0 Å². The second-order valence-corrected chi connectivity index (χ2v) is 6.77. The predicted molar refractivity (Wildman–Crippen MR) is 83.7 cm³/mol. The maximum Gasteiger partial charge on any atom is 0.133 e. The zero-order valence-corrected chi connectivity index (χ0v) is 12.9. The topological polar surface area (TPSA) is 25.8 Å². The van der Waals surface area contributed by atoms with Crippen LogP contribution in [0.5, 0.6) is 0 Å². The van der Waals surface area contributed by atoms with Gasteiger partial charge in [-0.3, -0.25) is 0 Å². The molecule has 102 valence electrons. The molecule has 1 heterocycles. The fourth-order valence-electron chi connectivity index (χ4n) is 2.80. The van der Waals surface area contributed by atoms with E-state index < -0.39 is 0 Å². The van der Waals surface area contributed by atoms with E-state index >= 15 is 0 Å². The SMILES string of the molecule is Brc1cc(-c2cccc(C3CCC3)c2)nc(C2CC2)n1. The number of nitrogens with zero attached hydrogens (tertiary/aromatic N) is 2. The van der Waals surface area contributed by atoms with Gasteiger partial charge in [0.15, 0.2) is 0 Å². The average molecular weight is 329 g/mol. The molecule has 0 atom stereocenters. The molecule has 20 heavy (non-hydrogen) atoms. The van der Waals surface area contributed by atoms with Crippen LogP contribution in [0.4, 0.5) is 0 Å². The van der Waals surface area contributed by atoms with Gasteiger partial charge >= 0.3 is 0 Å². The Hall–Kier alpha value is -1.22. The van der Waals surface area contributed by atoms with E-state index in [4.69, 9.17) is 4.98 Å². The molecule has 0 radical (unpaired) electrons. The Labute approximate surface area is 127 Å². The minimum Gasteiger partial charge on any atom is -0.233 e. The lowest BCUT2D eigenvalue weighted by atomic mass is 9.79. The van der Waals surface area contributed by atoms with Crippen molar-refractivity contribution in [3.63, 3.8) is 0 Å². The van der Waals surface area contributed by atoms with Gasteiger partial charge in [0.25, 0.3) is 0 Å². The summed E-state index contributed by atoms with van der Waals surface area (Å²) in [4.78, 5) is 9.28. The van der Waals surface area contributed by atoms with Crippen LogP contribution in [-0.2, 0) is 0 Å². The fourth-order valence-corrected chi connectivity index (χ4v) is 3.20. The van der Waals surface area contributed by atoms with Crippen LogP contribution in [-0.4, -0.2) is 9.97 Å². The van der Waals surface area contributed by atoms with E-state index in [-0.39, 0.29) is 0 Å². The van der Waals surface area contributed by atoms with Crippen LogP contribution < -0.4 is 0 Å². The summed E-state index contributed by atoms with van der Waals surface area (Å²) < 4.78 is 0.901. The van der Waals surface area contributed by atoms with Gasteiger partial charge in [0, 0.05) is 11.5 Å². The van der Waals surface area contributed by atoms with Crippen molar-refractivity contribution < 1.29 is 0 Å². The summed E-state index contributed by atoms with van der Waals surface area (Å²) in [6, 6.07) is 10.9. The van der Waals surface area contributed by atoms with Crippen molar-refractivity contribution >= 4 is 15.9 Å². The highest BCUT2D eigenvalue weighted by atomic mass is 79.9. The maximum absolute atomic E-state index is 4.77. The van der Waals surface area contributed by atoms with Gasteiger partial charge in [0.2, 0.25) is 0 Å². The Kier molecular flexibility index (Phi) is 3.10. The summed E-state index contributed by atoms with van der Waals surface area (Å²) in [7, 11) is 0. The number of aromatic nitrogens is 2. The van der Waals surface area contributed by atoms with E-state index in [9.17, 15) is 0 Å². The molecule has 0 amide bonds. The molecule has 0 N–H and O–H groups in total. The Balaban J connectivity index is 1.72. The molecule has 2 aliphatic carbocycles. The predicted octanol–water partition coefficient (Wildman–Crippen LogP) is 5.05. The molecular formula is C17H17BrN2. The van der Waals surface area contributed by atoms with E-state index in [1.54, 1.807) is 0 Å². The molecule has 2 aliphatic rings. The van der Waals surface area contributed by atoms with Crippen LogP contribution in [0.1, 0.15) is 55.3 Å². The molecule has 0 unspecified atom stereocenters. The Morgan fingerprint density at radius 3 is 2.50 bits per heavy atom. The standard InChI is InChI=1S/C17H17BrN2/c18-16-10-15(19-17(20-16)12-7-8-12)14-6-2-5-13(9-14)11-3-1-4-11/h2,5-6,9-12H,1,3-4,7-8H2. The second-order valence-electron chi connectivity index (χ2n) is 5.96. The number of halogens is 1. The third kappa shape index (κ3) is 2.39. The molecule has 0 saturated heterocycles. The normalized spacial score (nSPS) is 18.9. The Morgan fingerprint density at radius 1 is 0.950 bits per heavy atom. The minimum atomic E-state index is 0.584. The Bertz CT molecular complexity index is 645. The molecule has 2 aromatic rings. The summed E-state index contributed by atoms with van der Waals surface area (Å²) in [5, 5.41) is 0. The zero-order chi connectivity index (χ0) is 13.5. The van der Waals surface area contributed by atoms with Crippen LogP contribution >= 0.6 is 15.9 Å². The molecule has 2 nitrogen and oxygen atoms in total. The second kappa shape index (κ2) is 4.96. The van der Waals surface area contributed by atoms with Gasteiger partial charge in [0.1, 0.15) is 10.4 Å². The lowest BCUT2D eigenvalue weighted by molar-refractivity contribution is 0.420. The maximum atomic E-state index is 4.77. The van der Waals surface area contributed by atoms with Gasteiger partial charge < -0.3 is 0 Å². The van der Waals surface area contributed by atoms with Crippen molar-refractivity contribution in [2.75, 3.05) is 0 Å². The van der Waals surface area contributed by atoms with Gasteiger partial charge in [-0.2, -0.15) is 0 Å². The van der Waals surface area contributed by atoms with E-state index in [1.807, 2.05) is 6.07 Å². The highest BCUT2D eigenvalue weighted by Crippen LogP contribution is 2.40. The van der Waals surface area contributed by atoms with Crippen LogP contribution in [0.25, 0.3) is 11.3 Å². The summed E-state index contributed by atoms with van der Waals surface area (Å²) in [5.74, 6) is 2.35. The summed E-state index contributed by atoms with van der Waals surface area (Å²) in [5.41, 5.74) is 3.74. The van der Waals surface area contributed by atoms with E-state index in [0.717, 1.165) is 22.0 Å². The summed E-state index contributed by atoms with van der Waals surface area (Å²) in [6.45, 7) is 0. The first-order valence-electron chi connectivity index (χ1n) is 7.44. The molecule has 0 bridgehead atoms. The first-order chi connectivity index (χ1) is 9.79. The monoisotopic (exact) mass is 328 g/mol. The van der Waals surface area contributed by atoms with Crippen molar-refractivity contribution in [1.29, 1.82) is 0 Å². The van der Waals surface area contributed by atoms with Crippen LogP contribution in [0.15, 0.2) is 34.9 Å². The minimum absolute atomic E-state index is 0.584. The van der Waals surface area contributed by atoms with E-state index in [2.05, 4.69) is 45.2 Å². The van der Waals surface area contributed by atoms with Crippen molar-refractivity contribution in [3.05, 3.63) is 46.3 Å². The van der Waals surface area contributed by atoms with E-state index in [1.165, 1.54) is 43.2 Å².